The van der Waals surface area contributed by atoms with Crippen molar-refractivity contribution < 1.29 is 9.53 Å². The lowest BCUT2D eigenvalue weighted by Gasteiger charge is -2.31. The predicted octanol–water partition coefficient (Wildman–Crippen LogP) is 1.11. The number of amides is 1. The van der Waals surface area contributed by atoms with Gasteiger partial charge in [-0.1, -0.05) is 36.5 Å². The third kappa shape index (κ3) is 3.75. The molecule has 1 heterocycles. The van der Waals surface area contributed by atoms with Gasteiger partial charge in [-0.05, 0) is 12.5 Å². The number of hydrogen-bond acceptors (Lipinski definition) is 3. The fourth-order valence-corrected chi connectivity index (χ4v) is 2.25. The second-order valence-electron chi connectivity index (χ2n) is 4.76. The standard InChI is InChI=1S/C14H18N2O2S/c1-10-9-16(6-7-18-10)13(17)8-11-2-4-12(5-3-11)14(15)19/h2-5,10H,6-9H2,1H3,(H2,15,19). The minimum Gasteiger partial charge on any atom is -0.389 e. The Morgan fingerprint density at radius 2 is 2.16 bits per heavy atom. The lowest BCUT2D eigenvalue weighted by molar-refractivity contribution is -0.137. The molecule has 1 aromatic carbocycles. The number of nitrogens with two attached hydrogens (primary N) is 1. The molecule has 1 aromatic rings. The molecule has 0 saturated carbocycles. The van der Waals surface area contributed by atoms with E-state index in [1.165, 1.54) is 0 Å². The molecule has 1 aliphatic rings. The van der Waals surface area contributed by atoms with Gasteiger partial charge >= 0.3 is 0 Å². The molecule has 0 aliphatic carbocycles. The van der Waals surface area contributed by atoms with Crippen molar-refractivity contribution in [1.29, 1.82) is 0 Å². The van der Waals surface area contributed by atoms with Gasteiger partial charge in [-0.25, -0.2) is 0 Å². The van der Waals surface area contributed by atoms with E-state index in [-0.39, 0.29) is 12.0 Å². The molecule has 19 heavy (non-hydrogen) atoms. The van der Waals surface area contributed by atoms with Gasteiger partial charge in [-0.2, -0.15) is 0 Å². The summed E-state index contributed by atoms with van der Waals surface area (Å²) in [6.07, 6.45) is 0.527. The zero-order valence-electron chi connectivity index (χ0n) is 11.0. The summed E-state index contributed by atoms with van der Waals surface area (Å²) in [6, 6.07) is 7.51. The highest BCUT2D eigenvalue weighted by molar-refractivity contribution is 7.80. The molecule has 0 aromatic heterocycles. The average Bonchev–Trinajstić information content (AvgIpc) is 2.39. The lowest BCUT2D eigenvalue weighted by Crippen LogP contribution is -2.45. The molecular formula is C14H18N2O2S. The summed E-state index contributed by atoms with van der Waals surface area (Å²) in [5, 5.41) is 0. The van der Waals surface area contributed by atoms with Crippen LogP contribution in [0, 0.1) is 0 Å². The van der Waals surface area contributed by atoms with Crippen LogP contribution in [0.1, 0.15) is 18.1 Å². The molecule has 0 radical (unpaired) electrons. The zero-order valence-corrected chi connectivity index (χ0v) is 11.8. The Morgan fingerprint density at radius 3 is 2.74 bits per heavy atom. The van der Waals surface area contributed by atoms with Crippen molar-refractivity contribution in [2.45, 2.75) is 19.4 Å². The van der Waals surface area contributed by atoms with E-state index in [2.05, 4.69) is 0 Å². The summed E-state index contributed by atoms with van der Waals surface area (Å²) in [5.74, 6) is 0.137. The van der Waals surface area contributed by atoms with Crippen LogP contribution >= 0.6 is 12.2 Å². The fourth-order valence-electron chi connectivity index (χ4n) is 2.12. The number of rotatable bonds is 3. The Kier molecular flexibility index (Phi) is 4.50. The van der Waals surface area contributed by atoms with E-state index < -0.39 is 0 Å². The van der Waals surface area contributed by atoms with Crippen LogP contribution in [0.15, 0.2) is 24.3 Å². The number of carbonyl (C=O) groups is 1. The molecule has 1 saturated heterocycles. The molecule has 4 nitrogen and oxygen atoms in total. The first-order valence-corrected chi connectivity index (χ1v) is 6.75. The minimum absolute atomic E-state index is 0.120. The van der Waals surface area contributed by atoms with Crippen molar-refractivity contribution in [3.8, 4) is 0 Å². The molecular weight excluding hydrogens is 260 g/mol. The molecule has 1 unspecified atom stereocenters. The SMILES string of the molecule is CC1CN(C(=O)Cc2ccc(C(N)=S)cc2)CCO1. The normalized spacial score (nSPS) is 19.2. The lowest BCUT2D eigenvalue weighted by atomic mass is 10.1. The molecule has 1 aliphatic heterocycles. The van der Waals surface area contributed by atoms with Crippen LogP contribution in [0.3, 0.4) is 0 Å². The third-order valence-electron chi connectivity index (χ3n) is 3.19. The monoisotopic (exact) mass is 278 g/mol. The Bertz CT molecular complexity index is 473. The summed E-state index contributed by atoms with van der Waals surface area (Å²) in [4.78, 5) is 14.4. The zero-order chi connectivity index (χ0) is 13.8. The summed E-state index contributed by atoms with van der Waals surface area (Å²) >= 11 is 4.90. The molecule has 1 amide bonds. The average molecular weight is 278 g/mol. The number of ether oxygens (including phenoxy) is 1. The quantitative estimate of drug-likeness (QED) is 0.842. The van der Waals surface area contributed by atoms with E-state index in [0.717, 1.165) is 11.1 Å². The van der Waals surface area contributed by atoms with Gasteiger partial charge in [0, 0.05) is 18.7 Å². The Hall–Kier alpha value is -1.46. The first-order chi connectivity index (χ1) is 9.06. The van der Waals surface area contributed by atoms with E-state index in [9.17, 15) is 4.79 Å². The van der Waals surface area contributed by atoms with Gasteiger partial charge in [0.1, 0.15) is 4.99 Å². The summed E-state index contributed by atoms with van der Waals surface area (Å²) < 4.78 is 5.43. The molecule has 2 rings (SSSR count). The molecule has 1 fully saturated rings. The van der Waals surface area contributed by atoms with Gasteiger partial charge in [0.15, 0.2) is 0 Å². The van der Waals surface area contributed by atoms with Crippen LogP contribution in [-0.2, 0) is 16.0 Å². The first kappa shape index (κ1) is 14.0. The molecule has 0 spiro atoms. The molecule has 1 atom stereocenters. The number of hydrogen-bond donors (Lipinski definition) is 1. The van der Waals surface area contributed by atoms with E-state index in [1.807, 2.05) is 36.1 Å². The Morgan fingerprint density at radius 1 is 1.47 bits per heavy atom. The van der Waals surface area contributed by atoms with Gasteiger partial charge in [0.2, 0.25) is 5.91 Å². The maximum absolute atomic E-state index is 12.2. The maximum atomic E-state index is 12.2. The van der Waals surface area contributed by atoms with Gasteiger partial charge in [-0.15, -0.1) is 0 Å². The van der Waals surface area contributed by atoms with Gasteiger partial charge in [0.05, 0.1) is 19.1 Å². The van der Waals surface area contributed by atoms with Crippen molar-refractivity contribution in [2.75, 3.05) is 19.7 Å². The number of morpholine rings is 1. The van der Waals surface area contributed by atoms with Crippen molar-refractivity contribution in [1.82, 2.24) is 4.90 Å². The Labute approximate surface area is 118 Å². The van der Waals surface area contributed by atoms with Crippen molar-refractivity contribution in [3.05, 3.63) is 35.4 Å². The summed E-state index contributed by atoms with van der Waals surface area (Å²) in [7, 11) is 0. The molecule has 0 bridgehead atoms. The minimum atomic E-state index is 0.120. The van der Waals surface area contributed by atoms with Gasteiger partial charge < -0.3 is 15.4 Å². The van der Waals surface area contributed by atoms with Crippen LogP contribution in [0.4, 0.5) is 0 Å². The van der Waals surface area contributed by atoms with E-state index >= 15 is 0 Å². The van der Waals surface area contributed by atoms with Crippen molar-refractivity contribution in [3.63, 3.8) is 0 Å². The van der Waals surface area contributed by atoms with Crippen LogP contribution in [0.25, 0.3) is 0 Å². The van der Waals surface area contributed by atoms with Crippen LogP contribution in [0.5, 0.6) is 0 Å². The molecule has 5 heteroatoms. The first-order valence-electron chi connectivity index (χ1n) is 6.34. The number of carbonyl (C=O) groups excluding carboxylic acids is 1. The maximum Gasteiger partial charge on any atom is 0.227 e. The topological polar surface area (TPSA) is 55.6 Å². The number of nitrogens with zero attached hydrogens (tertiary/aromatic N) is 1. The second kappa shape index (κ2) is 6.12. The van der Waals surface area contributed by atoms with Crippen molar-refractivity contribution >= 4 is 23.1 Å². The highest BCUT2D eigenvalue weighted by atomic mass is 32.1. The van der Waals surface area contributed by atoms with Crippen LogP contribution in [0.2, 0.25) is 0 Å². The summed E-state index contributed by atoms with van der Waals surface area (Å²) in [5.41, 5.74) is 7.34. The third-order valence-corrected chi connectivity index (χ3v) is 3.42. The van der Waals surface area contributed by atoms with Crippen LogP contribution < -0.4 is 5.73 Å². The van der Waals surface area contributed by atoms with Crippen molar-refractivity contribution in [2.24, 2.45) is 5.73 Å². The smallest absolute Gasteiger partial charge is 0.227 e. The van der Waals surface area contributed by atoms with E-state index in [4.69, 9.17) is 22.7 Å². The largest absolute Gasteiger partial charge is 0.389 e. The fraction of sp³-hybridized carbons (Fsp3) is 0.429. The number of thiocarbonyl (C=S) groups is 1. The summed E-state index contributed by atoms with van der Waals surface area (Å²) in [6.45, 7) is 3.95. The molecule has 102 valence electrons. The predicted molar refractivity (Wildman–Crippen MR) is 78.0 cm³/mol. The van der Waals surface area contributed by atoms with E-state index in [0.29, 0.717) is 31.1 Å². The molecule has 2 N–H and O–H groups in total. The highest BCUT2D eigenvalue weighted by Crippen LogP contribution is 2.10. The highest BCUT2D eigenvalue weighted by Gasteiger charge is 2.21. The second-order valence-corrected chi connectivity index (χ2v) is 5.20. The Balaban J connectivity index is 1.96. The van der Waals surface area contributed by atoms with Gasteiger partial charge in [-0.3, -0.25) is 4.79 Å². The van der Waals surface area contributed by atoms with Gasteiger partial charge in [0.25, 0.3) is 0 Å². The van der Waals surface area contributed by atoms with Crippen LogP contribution in [-0.4, -0.2) is 41.6 Å². The number of benzene rings is 1. The van der Waals surface area contributed by atoms with E-state index in [1.54, 1.807) is 0 Å².